The number of benzene rings is 2. The number of hydrogen-bond donors (Lipinski definition) is 2. The number of nitro benzene ring substituents is 1. The summed E-state index contributed by atoms with van der Waals surface area (Å²) in [5.74, 6) is 0. The predicted molar refractivity (Wildman–Crippen MR) is 93.7 cm³/mol. The van der Waals surface area contributed by atoms with Crippen LogP contribution in [0.2, 0.25) is 0 Å². The molecule has 1 aliphatic rings. The second-order valence-corrected chi connectivity index (χ2v) is 9.18. The Morgan fingerprint density at radius 2 is 1.58 bits per heavy atom. The number of anilines is 1. The zero-order valence-corrected chi connectivity index (χ0v) is 15.0. The van der Waals surface area contributed by atoms with Crippen LogP contribution in [-0.2, 0) is 20.0 Å². The third-order valence-electron chi connectivity index (χ3n) is 3.65. The van der Waals surface area contributed by atoms with Gasteiger partial charge in [0, 0.05) is 18.2 Å². The maximum atomic E-state index is 12.4. The quantitative estimate of drug-likeness (QED) is 0.540. The zero-order valence-electron chi connectivity index (χ0n) is 13.3. The van der Waals surface area contributed by atoms with E-state index < -0.39 is 25.0 Å². The van der Waals surface area contributed by atoms with Crippen LogP contribution in [-0.4, -0.2) is 27.8 Å². The summed E-state index contributed by atoms with van der Waals surface area (Å²) in [5.41, 5.74) is -0.162. The molecule has 3 rings (SSSR count). The van der Waals surface area contributed by atoms with E-state index in [1.807, 2.05) is 0 Å². The Labute approximate surface area is 150 Å². The molecule has 1 aliphatic carbocycles. The van der Waals surface area contributed by atoms with Gasteiger partial charge in [0.1, 0.15) is 0 Å². The first-order valence-corrected chi connectivity index (χ1v) is 10.5. The molecule has 0 unspecified atom stereocenters. The van der Waals surface area contributed by atoms with Crippen LogP contribution in [0.4, 0.5) is 11.4 Å². The van der Waals surface area contributed by atoms with Crippen molar-refractivity contribution in [2.45, 2.75) is 28.7 Å². The number of sulfonamides is 2. The molecule has 0 saturated heterocycles. The lowest BCUT2D eigenvalue weighted by atomic mass is 10.3. The van der Waals surface area contributed by atoms with E-state index in [1.165, 1.54) is 24.3 Å². The summed E-state index contributed by atoms with van der Waals surface area (Å²) in [6.45, 7) is 0. The Kier molecular flexibility index (Phi) is 4.69. The van der Waals surface area contributed by atoms with Crippen molar-refractivity contribution in [3.63, 3.8) is 0 Å². The molecule has 11 heteroatoms. The van der Waals surface area contributed by atoms with Gasteiger partial charge in [-0.1, -0.05) is 6.07 Å². The van der Waals surface area contributed by atoms with Crippen LogP contribution in [0.5, 0.6) is 0 Å². The summed E-state index contributed by atoms with van der Waals surface area (Å²) in [6.07, 6.45) is 1.57. The number of nitro groups is 1. The Morgan fingerprint density at radius 3 is 2.15 bits per heavy atom. The van der Waals surface area contributed by atoms with Gasteiger partial charge in [-0.3, -0.25) is 14.8 Å². The first-order valence-electron chi connectivity index (χ1n) is 7.57. The highest BCUT2D eigenvalue weighted by molar-refractivity contribution is 7.92. The second-order valence-electron chi connectivity index (χ2n) is 5.78. The molecule has 0 bridgehead atoms. The smallest absolute Gasteiger partial charge is 0.269 e. The minimum absolute atomic E-state index is 0.0479. The van der Waals surface area contributed by atoms with E-state index >= 15 is 0 Å². The highest BCUT2D eigenvalue weighted by Crippen LogP contribution is 2.24. The number of hydrogen-bond acceptors (Lipinski definition) is 6. The van der Waals surface area contributed by atoms with Crippen molar-refractivity contribution in [3.05, 3.63) is 58.6 Å². The number of nitrogens with one attached hydrogen (secondary N) is 2. The molecule has 1 fully saturated rings. The van der Waals surface area contributed by atoms with Crippen LogP contribution < -0.4 is 9.44 Å². The van der Waals surface area contributed by atoms with Gasteiger partial charge in [-0.15, -0.1) is 0 Å². The van der Waals surface area contributed by atoms with E-state index in [2.05, 4.69) is 9.44 Å². The first kappa shape index (κ1) is 18.3. The predicted octanol–water partition coefficient (Wildman–Crippen LogP) is 1.84. The lowest BCUT2D eigenvalue weighted by Gasteiger charge is -2.10. The maximum absolute atomic E-state index is 12.4. The van der Waals surface area contributed by atoms with Gasteiger partial charge in [0.2, 0.25) is 10.0 Å². The van der Waals surface area contributed by atoms with E-state index in [0.717, 1.165) is 37.1 Å². The van der Waals surface area contributed by atoms with Crippen LogP contribution in [0.1, 0.15) is 12.8 Å². The van der Waals surface area contributed by atoms with Crippen molar-refractivity contribution < 1.29 is 21.8 Å². The first-order chi connectivity index (χ1) is 12.2. The maximum Gasteiger partial charge on any atom is 0.269 e. The van der Waals surface area contributed by atoms with Crippen molar-refractivity contribution in [3.8, 4) is 0 Å². The van der Waals surface area contributed by atoms with E-state index in [9.17, 15) is 26.9 Å². The highest BCUT2D eigenvalue weighted by Gasteiger charge is 2.28. The highest BCUT2D eigenvalue weighted by atomic mass is 32.2. The lowest BCUT2D eigenvalue weighted by molar-refractivity contribution is -0.384. The van der Waals surface area contributed by atoms with Crippen LogP contribution in [0.25, 0.3) is 0 Å². The van der Waals surface area contributed by atoms with Crippen LogP contribution >= 0.6 is 0 Å². The monoisotopic (exact) mass is 397 g/mol. The molecule has 0 radical (unpaired) electrons. The van der Waals surface area contributed by atoms with Crippen LogP contribution in [0, 0.1) is 10.1 Å². The fourth-order valence-electron chi connectivity index (χ4n) is 2.18. The van der Waals surface area contributed by atoms with E-state index in [-0.39, 0.29) is 27.2 Å². The molecule has 0 aromatic heterocycles. The van der Waals surface area contributed by atoms with E-state index in [0.29, 0.717) is 0 Å². The summed E-state index contributed by atoms with van der Waals surface area (Å²) in [5, 5.41) is 10.6. The van der Waals surface area contributed by atoms with E-state index in [4.69, 9.17) is 0 Å². The molecular weight excluding hydrogens is 382 g/mol. The van der Waals surface area contributed by atoms with Gasteiger partial charge in [-0.2, -0.15) is 0 Å². The van der Waals surface area contributed by atoms with Crippen LogP contribution in [0.3, 0.4) is 0 Å². The summed E-state index contributed by atoms with van der Waals surface area (Å²) in [7, 11) is -7.73. The normalized spacial score (nSPS) is 14.8. The molecule has 1 saturated carbocycles. The molecule has 0 aliphatic heterocycles. The number of non-ortho nitro benzene ring substituents is 1. The van der Waals surface area contributed by atoms with Gasteiger partial charge < -0.3 is 0 Å². The minimum Gasteiger partial charge on any atom is -0.280 e. The van der Waals surface area contributed by atoms with Crippen molar-refractivity contribution in [2.75, 3.05) is 4.72 Å². The molecule has 0 spiro atoms. The van der Waals surface area contributed by atoms with Gasteiger partial charge in [0.25, 0.3) is 15.7 Å². The van der Waals surface area contributed by atoms with Gasteiger partial charge in [-0.05, 0) is 43.2 Å². The standard InChI is InChI=1S/C15H15N3O6S2/c19-18(20)13-6-8-14(9-7-13)25(21,22)17-12-2-1-3-15(10-12)26(23,24)16-11-4-5-11/h1-3,6-11,16-17H,4-5H2. The van der Waals surface area contributed by atoms with Gasteiger partial charge >= 0.3 is 0 Å². The molecule has 138 valence electrons. The molecule has 9 nitrogen and oxygen atoms in total. The molecule has 0 atom stereocenters. The molecule has 0 amide bonds. The summed E-state index contributed by atoms with van der Waals surface area (Å²) in [6, 6.07) is 9.73. The summed E-state index contributed by atoms with van der Waals surface area (Å²) < 4.78 is 54.0. The second kappa shape index (κ2) is 6.67. The lowest BCUT2D eigenvalue weighted by Crippen LogP contribution is -2.25. The molecule has 2 aromatic carbocycles. The fraction of sp³-hybridized carbons (Fsp3) is 0.200. The molecule has 2 N–H and O–H groups in total. The third-order valence-corrected chi connectivity index (χ3v) is 6.57. The Balaban J connectivity index is 1.83. The SMILES string of the molecule is O=[N+]([O-])c1ccc(S(=O)(=O)Nc2cccc(S(=O)(=O)NC3CC3)c2)cc1. The fourth-order valence-corrected chi connectivity index (χ4v) is 4.58. The largest absolute Gasteiger partial charge is 0.280 e. The topological polar surface area (TPSA) is 135 Å². The van der Waals surface area contributed by atoms with Gasteiger partial charge in [-0.25, -0.2) is 21.6 Å². The third kappa shape index (κ3) is 4.18. The van der Waals surface area contributed by atoms with Gasteiger partial charge in [0.05, 0.1) is 20.4 Å². The molecule has 2 aromatic rings. The zero-order chi connectivity index (χ0) is 18.9. The molecular formula is C15H15N3O6S2. The Hall–Kier alpha value is -2.50. The summed E-state index contributed by atoms with van der Waals surface area (Å²) in [4.78, 5) is 9.79. The average Bonchev–Trinajstić information content (AvgIpc) is 3.38. The number of nitrogens with zero attached hydrogens (tertiary/aromatic N) is 1. The Bertz CT molecular complexity index is 1050. The van der Waals surface area contributed by atoms with Crippen molar-refractivity contribution in [1.82, 2.24) is 4.72 Å². The van der Waals surface area contributed by atoms with Crippen molar-refractivity contribution in [2.24, 2.45) is 0 Å². The molecule has 0 heterocycles. The van der Waals surface area contributed by atoms with Crippen LogP contribution in [0.15, 0.2) is 58.3 Å². The van der Waals surface area contributed by atoms with Crippen molar-refractivity contribution in [1.29, 1.82) is 0 Å². The average molecular weight is 397 g/mol. The Morgan fingerprint density at radius 1 is 0.923 bits per heavy atom. The molecule has 26 heavy (non-hydrogen) atoms. The summed E-state index contributed by atoms with van der Waals surface area (Å²) >= 11 is 0. The van der Waals surface area contributed by atoms with Crippen molar-refractivity contribution >= 4 is 31.4 Å². The van der Waals surface area contributed by atoms with E-state index in [1.54, 1.807) is 0 Å². The number of rotatable bonds is 7. The minimum atomic E-state index is -4.02. The van der Waals surface area contributed by atoms with Gasteiger partial charge in [0.15, 0.2) is 0 Å².